The van der Waals surface area contributed by atoms with Crippen LogP contribution in [0.15, 0.2) is 52.9 Å². The first-order valence-corrected chi connectivity index (χ1v) is 7.47. The molecule has 0 aliphatic rings. The van der Waals surface area contributed by atoms with Crippen LogP contribution in [0.3, 0.4) is 0 Å². The highest BCUT2D eigenvalue weighted by molar-refractivity contribution is 5.55. The zero-order valence-corrected chi connectivity index (χ0v) is 13.2. The lowest BCUT2D eigenvalue weighted by atomic mass is 10.2. The van der Waals surface area contributed by atoms with Crippen LogP contribution in [-0.2, 0) is 13.0 Å². The fraction of sp³-hybridized carbons (Fsp3) is 0.222. The van der Waals surface area contributed by atoms with E-state index in [-0.39, 0.29) is 6.61 Å². The minimum atomic E-state index is 0.239. The van der Waals surface area contributed by atoms with Crippen molar-refractivity contribution in [3.8, 4) is 23.0 Å². The minimum absolute atomic E-state index is 0.239. The zero-order valence-electron chi connectivity index (χ0n) is 13.2. The summed E-state index contributed by atoms with van der Waals surface area (Å²) < 4.78 is 16.5. The van der Waals surface area contributed by atoms with Gasteiger partial charge in [-0.05, 0) is 42.3 Å². The molecule has 3 rings (SSSR count). The van der Waals surface area contributed by atoms with E-state index in [9.17, 15) is 0 Å². The summed E-state index contributed by atoms with van der Waals surface area (Å²) in [5, 5.41) is 8.06. The molecule has 0 atom stereocenters. The summed E-state index contributed by atoms with van der Waals surface area (Å²) >= 11 is 0. The average molecular weight is 310 g/mol. The molecule has 5 nitrogen and oxygen atoms in total. The van der Waals surface area contributed by atoms with Crippen LogP contribution in [0.5, 0.6) is 11.5 Å². The Morgan fingerprint density at radius 2 is 1.83 bits per heavy atom. The Balaban J connectivity index is 1.66. The van der Waals surface area contributed by atoms with Gasteiger partial charge in [0.25, 0.3) is 5.89 Å². The van der Waals surface area contributed by atoms with Crippen molar-refractivity contribution in [2.75, 3.05) is 7.11 Å². The third kappa shape index (κ3) is 3.69. The summed E-state index contributed by atoms with van der Waals surface area (Å²) in [4.78, 5) is 0. The molecule has 5 heteroatoms. The lowest BCUT2D eigenvalue weighted by Crippen LogP contribution is -1.95. The van der Waals surface area contributed by atoms with Crippen LogP contribution in [0.25, 0.3) is 11.5 Å². The Bertz CT molecular complexity index is 766. The molecule has 0 unspecified atom stereocenters. The molecule has 0 radical (unpaired) electrons. The van der Waals surface area contributed by atoms with Crippen LogP contribution >= 0.6 is 0 Å². The number of ether oxygens (including phenoxy) is 2. The monoisotopic (exact) mass is 310 g/mol. The van der Waals surface area contributed by atoms with E-state index >= 15 is 0 Å². The molecule has 23 heavy (non-hydrogen) atoms. The van der Waals surface area contributed by atoms with Crippen molar-refractivity contribution in [2.45, 2.75) is 20.0 Å². The summed E-state index contributed by atoms with van der Waals surface area (Å²) in [6.45, 7) is 2.36. The van der Waals surface area contributed by atoms with Gasteiger partial charge in [0, 0.05) is 5.56 Å². The molecule has 2 aromatic carbocycles. The van der Waals surface area contributed by atoms with Gasteiger partial charge >= 0.3 is 0 Å². The molecule has 0 aliphatic heterocycles. The number of hydrogen-bond acceptors (Lipinski definition) is 5. The van der Waals surface area contributed by atoms with Crippen LogP contribution < -0.4 is 9.47 Å². The Hall–Kier alpha value is -2.82. The van der Waals surface area contributed by atoms with Gasteiger partial charge in [-0.25, -0.2) is 0 Å². The highest BCUT2D eigenvalue weighted by Crippen LogP contribution is 2.23. The zero-order chi connectivity index (χ0) is 16.1. The molecule has 0 amide bonds. The van der Waals surface area contributed by atoms with Crippen LogP contribution in [0.4, 0.5) is 0 Å². The second-order valence-electron chi connectivity index (χ2n) is 5.02. The summed E-state index contributed by atoms with van der Waals surface area (Å²) in [5.41, 5.74) is 2.09. The first kappa shape index (κ1) is 15.1. The minimum Gasteiger partial charge on any atom is -0.497 e. The maximum atomic E-state index is 5.66. The fourth-order valence-corrected chi connectivity index (χ4v) is 2.15. The van der Waals surface area contributed by atoms with Gasteiger partial charge < -0.3 is 13.9 Å². The molecule has 0 fully saturated rings. The van der Waals surface area contributed by atoms with E-state index in [1.54, 1.807) is 7.11 Å². The molecule has 0 bridgehead atoms. The molecule has 0 spiro atoms. The third-order valence-corrected chi connectivity index (χ3v) is 3.48. The molecule has 0 N–H and O–H groups in total. The molecule has 3 aromatic rings. The largest absolute Gasteiger partial charge is 0.497 e. The molecule has 0 saturated carbocycles. The number of aromatic nitrogens is 2. The van der Waals surface area contributed by atoms with Gasteiger partial charge in [-0.3, -0.25) is 0 Å². The topological polar surface area (TPSA) is 57.4 Å². The maximum Gasteiger partial charge on any atom is 0.254 e. The number of hydrogen-bond donors (Lipinski definition) is 0. The van der Waals surface area contributed by atoms with Crippen LogP contribution in [0.2, 0.25) is 0 Å². The van der Waals surface area contributed by atoms with E-state index < -0.39 is 0 Å². The molecule has 0 aliphatic carbocycles. The lowest BCUT2D eigenvalue weighted by molar-refractivity contribution is 0.264. The van der Waals surface area contributed by atoms with Crippen LogP contribution in [-0.4, -0.2) is 17.3 Å². The van der Waals surface area contributed by atoms with Gasteiger partial charge in [0.1, 0.15) is 11.5 Å². The Kier molecular flexibility index (Phi) is 4.57. The van der Waals surface area contributed by atoms with Gasteiger partial charge in [0.15, 0.2) is 6.61 Å². The SMILES string of the molecule is CCc1ccc(OCc2nnc(-c3cccc(OC)c3)o2)cc1. The maximum absolute atomic E-state index is 5.66. The van der Waals surface area contributed by atoms with E-state index in [1.165, 1.54) is 5.56 Å². The summed E-state index contributed by atoms with van der Waals surface area (Å²) in [6.07, 6.45) is 1.01. The number of nitrogens with zero attached hydrogens (tertiary/aromatic N) is 2. The molecular weight excluding hydrogens is 292 g/mol. The summed E-state index contributed by atoms with van der Waals surface area (Å²) in [7, 11) is 1.62. The number of methoxy groups -OCH3 is 1. The van der Waals surface area contributed by atoms with E-state index in [2.05, 4.69) is 17.1 Å². The van der Waals surface area contributed by atoms with E-state index in [0.717, 1.165) is 23.5 Å². The van der Waals surface area contributed by atoms with Crippen molar-refractivity contribution in [1.29, 1.82) is 0 Å². The van der Waals surface area contributed by atoms with Gasteiger partial charge in [-0.2, -0.15) is 0 Å². The van der Waals surface area contributed by atoms with Crippen molar-refractivity contribution in [3.05, 3.63) is 60.0 Å². The lowest BCUT2D eigenvalue weighted by Gasteiger charge is -2.04. The Morgan fingerprint density at radius 1 is 1.00 bits per heavy atom. The standard InChI is InChI=1S/C18H18N2O3/c1-3-13-7-9-15(10-8-13)22-12-17-19-20-18(23-17)14-5-4-6-16(11-14)21-2/h4-11H,3,12H2,1-2H3. The predicted molar refractivity (Wildman–Crippen MR) is 86.4 cm³/mol. The molecule has 1 heterocycles. The number of benzene rings is 2. The smallest absolute Gasteiger partial charge is 0.254 e. The number of rotatable bonds is 6. The van der Waals surface area contributed by atoms with Crippen molar-refractivity contribution in [2.24, 2.45) is 0 Å². The fourth-order valence-electron chi connectivity index (χ4n) is 2.15. The highest BCUT2D eigenvalue weighted by Gasteiger charge is 2.10. The first-order chi connectivity index (χ1) is 11.3. The Labute approximate surface area is 134 Å². The molecule has 1 aromatic heterocycles. The van der Waals surface area contributed by atoms with E-state index in [0.29, 0.717) is 11.8 Å². The summed E-state index contributed by atoms with van der Waals surface area (Å²) in [6, 6.07) is 15.5. The van der Waals surface area contributed by atoms with E-state index in [1.807, 2.05) is 48.5 Å². The van der Waals surface area contributed by atoms with Crippen LogP contribution in [0, 0.1) is 0 Å². The molecule has 0 saturated heterocycles. The highest BCUT2D eigenvalue weighted by atomic mass is 16.5. The van der Waals surface area contributed by atoms with Gasteiger partial charge in [-0.15, -0.1) is 10.2 Å². The average Bonchev–Trinajstić information content (AvgIpc) is 3.09. The van der Waals surface area contributed by atoms with Gasteiger partial charge in [0.2, 0.25) is 5.89 Å². The first-order valence-electron chi connectivity index (χ1n) is 7.47. The third-order valence-electron chi connectivity index (χ3n) is 3.48. The second kappa shape index (κ2) is 6.96. The summed E-state index contributed by atoms with van der Waals surface area (Å²) in [5.74, 6) is 2.41. The number of aryl methyl sites for hydroxylation is 1. The van der Waals surface area contributed by atoms with Crippen molar-refractivity contribution in [1.82, 2.24) is 10.2 Å². The Morgan fingerprint density at radius 3 is 2.57 bits per heavy atom. The van der Waals surface area contributed by atoms with E-state index in [4.69, 9.17) is 13.9 Å². The van der Waals surface area contributed by atoms with Crippen molar-refractivity contribution < 1.29 is 13.9 Å². The normalized spacial score (nSPS) is 10.5. The van der Waals surface area contributed by atoms with Crippen LogP contribution in [0.1, 0.15) is 18.4 Å². The quantitative estimate of drug-likeness (QED) is 0.691. The second-order valence-corrected chi connectivity index (χ2v) is 5.02. The van der Waals surface area contributed by atoms with Gasteiger partial charge in [-0.1, -0.05) is 25.1 Å². The van der Waals surface area contributed by atoms with Crippen molar-refractivity contribution in [3.63, 3.8) is 0 Å². The molecule has 118 valence electrons. The van der Waals surface area contributed by atoms with Crippen molar-refractivity contribution >= 4 is 0 Å². The van der Waals surface area contributed by atoms with Gasteiger partial charge in [0.05, 0.1) is 7.11 Å². The predicted octanol–water partition coefficient (Wildman–Crippen LogP) is 3.89. The molecular formula is C18H18N2O3.